The molecule has 0 N–H and O–H groups in total. The van der Waals surface area contributed by atoms with Gasteiger partial charge in [-0.15, -0.1) is 0 Å². The quantitative estimate of drug-likeness (QED) is 0.173. The topological polar surface area (TPSA) is 66.3 Å². The molecule has 258 valence electrons. The van der Waals surface area contributed by atoms with E-state index in [0.717, 1.165) is 77.8 Å². The summed E-state index contributed by atoms with van der Waals surface area (Å²) in [6.45, 7) is 0. The second-order valence-corrected chi connectivity index (χ2v) is 13.5. The highest BCUT2D eigenvalue weighted by Gasteiger charge is 2.27. The van der Waals surface area contributed by atoms with Crippen LogP contribution in [-0.4, -0.2) is 33.6 Å². The molecule has 7 heteroatoms. The van der Waals surface area contributed by atoms with Crippen LogP contribution in [0.3, 0.4) is 0 Å². The first-order valence-electron chi connectivity index (χ1n) is 18.3. The summed E-state index contributed by atoms with van der Waals surface area (Å²) in [5.41, 5.74) is 9.94. The number of fused-ring (bicyclic) bond motifs is 7. The fraction of sp³-hybridized carbons (Fsp3) is 0. The van der Waals surface area contributed by atoms with Crippen molar-refractivity contribution in [2.45, 2.75) is 0 Å². The van der Waals surface area contributed by atoms with Crippen LogP contribution >= 0.6 is 0 Å². The monoisotopic (exact) mass is 705 g/mol. The van der Waals surface area contributed by atoms with Crippen molar-refractivity contribution in [3.63, 3.8) is 0 Å². The summed E-state index contributed by atoms with van der Waals surface area (Å²) in [5, 5.41) is 3.30. The van der Waals surface area contributed by atoms with E-state index in [-0.39, 0.29) is 0 Å². The molecule has 0 atom stereocenters. The normalized spacial score (nSPS) is 11.6. The van der Waals surface area contributed by atoms with Gasteiger partial charge in [0, 0.05) is 44.2 Å². The summed E-state index contributed by atoms with van der Waals surface area (Å²) < 4.78 is 6.81. The van der Waals surface area contributed by atoms with Crippen molar-refractivity contribution in [1.82, 2.24) is 33.6 Å². The minimum Gasteiger partial charge on any atom is -0.293 e. The van der Waals surface area contributed by atoms with Gasteiger partial charge in [-0.2, -0.15) is 9.97 Å². The van der Waals surface area contributed by atoms with Gasteiger partial charge in [-0.3, -0.25) is 13.7 Å². The van der Waals surface area contributed by atoms with Crippen LogP contribution in [0.2, 0.25) is 0 Å². The maximum atomic E-state index is 5.50. The molecule has 0 saturated heterocycles. The standard InChI is InChI=1S/C48H31N7/c1-6-18-32(19-7-1)44-49-45(33-20-8-2-9-21-33)51-48(50-44)55-38-29-17-16-28-37(38)41-39(55)30-31-40-42(41)43-47(53(40)35-24-12-4-13-25-35)52-46(34-22-10-3-11-23-34)54(43)36-26-14-5-15-27-36/h1-31H. The Labute approximate surface area is 316 Å². The van der Waals surface area contributed by atoms with E-state index in [9.17, 15) is 0 Å². The van der Waals surface area contributed by atoms with E-state index in [1.165, 1.54) is 0 Å². The number of para-hydroxylation sites is 3. The van der Waals surface area contributed by atoms with Crippen LogP contribution in [0.4, 0.5) is 0 Å². The second-order valence-electron chi connectivity index (χ2n) is 13.5. The first-order chi connectivity index (χ1) is 27.3. The Morgan fingerprint density at radius 2 is 0.800 bits per heavy atom. The minimum atomic E-state index is 0.554. The third kappa shape index (κ3) is 4.91. The fourth-order valence-electron chi connectivity index (χ4n) is 7.94. The SMILES string of the molecule is c1ccc(-c2nc(-c3ccccc3)nc(-n3c4ccccc4c4c5c6c(nc(-c7ccccc7)n6-c6ccccc6)n(-c6ccccc6)c5ccc43)n2)cc1. The number of nitrogens with zero attached hydrogens (tertiary/aromatic N) is 7. The predicted molar refractivity (Wildman–Crippen MR) is 222 cm³/mol. The summed E-state index contributed by atoms with van der Waals surface area (Å²) >= 11 is 0. The van der Waals surface area contributed by atoms with Crippen molar-refractivity contribution >= 4 is 43.9 Å². The van der Waals surface area contributed by atoms with Crippen LogP contribution in [0.25, 0.3) is 95.4 Å². The molecule has 11 aromatic rings. The molecule has 0 unspecified atom stereocenters. The lowest BCUT2D eigenvalue weighted by atomic mass is 10.1. The van der Waals surface area contributed by atoms with Gasteiger partial charge in [-0.05, 0) is 42.5 Å². The number of benzene rings is 7. The Hall–Kier alpha value is -7.64. The Morgan fingerprint density at radius 1 is 0.327 bits per heavy atom. The molecule has 0 amide bonds. The number of imidazole rings is 1. The van der Waals surface area contributed by atoms with E-state index >= 15 is 0 Å². The molecule has 11 rings (SSSR count). The zero-order valence-corrected chi connectivity index (χ0v) is 29.5. The van der Waals surface area contributed by atoms with Crippen molar-refractivity contribution in [3.05, 3.63) is 188 Å². The molecule has 7 aromatic carbocycles. The van der Waals surface area contributed by atoms with Crippen molar-refractivity contribution < 1.29 is 0 Å². The van der Waals surface area contributed by atoms with Gasteiger partial charge in [-0.1, -0.05) is 146 Å². The second kappa shape index (κ2) is 12.5. The molecular formula is C48H31N7. The molecule has 0 bridgehead atoms. The average molecular weight is 706 g/mol. The van der Waals surface area contributed by atoms with E-state index in [0.29, 0.717) is 17.6 Å². The van der Waals surface area contributed by atoms with Gasteiger partial charge in [0.2, 0.25) is 5.95 Å². The number of rotatable bonds is 6. The first kappa shape index (κ1) is 30.9. The molecule has 4 heterocycles. The molecule has 0 saturated carbocycles. The highest BCUT2D eigenvalue weighted by molar-refractivity contribution is 6.28. The predicted octanol–water partition coefficient (Wildman–Crippen LogP) is 11.3. The lowest BCUT2D eigenvalue weighted by molar-refractivity contribution is 0.953. The summed E-state index contributed by atoms with van der Waals surface area (Å²) in [6.07, 6.45) is 0. The minimum absolute atomic E-state index is 0.554. The lowest BCUT2D eigenvalue weighted by Gasteiger charge is -2.12. The number of hydrogen-bond acceptors (Lipinski definition) is 4. The Balaban J connectivity index is 1.31. The van der Waals surface area contributed by atoms with Crippen LogP contribution in [0.1, 0.15) is 0 Å². The van der Waals surface area contributed by atoms with E-state index in [1.807, 2.05) is 66.7 Å². The third-order valence-corrected chi connectivity index (χ3v) is 10.3. The number of hydrogen-bond donors (Lipinski definition) is 0. The van der Waals surface area contributed by atoms with Crippen molar-refractivity contribution in [1.29, 1.82) is 0 Å². The highest BCUT2D eigenvalue weighted by Crippen LogP contribution is 2.44. The average Bonchev–Trinajstić information content (AvgIpc) is 3.92. The van der Waals surface area contributed by atoms with E-state index < -0.39 is 0 Å². The molecule has 4 aromatic heterocycles. The zero-order chi connectivity index (χ0) is 36.3. The smallest absolute Gasteiger partial charge is 0.238 e. The van der Waals surface area contributed by atoms with Gasteiger partial charge in [0.1, 0.15) is 11.3 Å². The first-order valence-corrected chi connectivity index (χ1v) is 18.3. The fourth-order valence-corrected chi connectivity index (χ4v) is 7.94. The van der Waals surface area contributed by atoms with E-state index in [4.69, 9.17) is 19.9 Å². The zero-order valence-electron chi connectivity index (χ0n) is 29.5. The van der Waals surface area contributed by atoms with Gasteiger partial charge >= 0.3 is 0 Å². The van der Waals surface area contributed by atoms with Crippen LogP contribution in [0.15, 0.2) is 188 Å². The largest absolute Gasteiger partial charge is 0.293 e. The van der Waals surface area contributed by atoms with Crippen molar-refractivity contribution in [3.8, 4) is 51.5 Å². The van der Waals surface area contributed by atoms with E-state index in [2.05, 4.69) is 135 Å². The van der Waals surface area contributed by atoms with Crippen LogP contribution in [0, 0.1) is 0 Å². The molecule has 0 fully saturated rings. The van der Waals surface area contributed by atoms with Gasteiger partial charge < -0.3 is 0 Å². The van der Waals surface area contributed by atoms with Gasteiger partial charge in [-0.25, -0.2) is 9.97 Å². The molecule has 55 heavy (non-hydrogen) atoms. The maximum absolute atomic E-state index is 5.50. The third-order valence-electron chi connectivity index (χ3n) is 10.3. The Bertz CT molecular complexity index is 3110. The summed E-state index contributed by atoms with van der Waals surface area (Å²) in [7, 11) is 0. The highest BCUT2D eigenvalue weighted by atomic mass is 15.2. The van der Waals surface area contributed by atoms with Crippen LogP contribution < -0.4 is 0 Å². The lowest BCUT2D eigenvalue weighted by Crippen LogP contribution is -2.06. The summed E-state index contributed by atoms with van der Waals surface area (Å²) in [5.74, 6) is 2.66. The summed E-state index contributed by atoms with van der Waals surface area (Å²) in [6, 6.07) is 64.7. The molecule has 0 aliphatic heterocycles. The van der Waals surface area contributed by atoms with E-state index in [1.54, 1.807) is 0 Å². The summed E-state index contributed by atoms with van der Waals surface area (Å²) in [4.78, 5) is 20.9. The Morgan fingerprint density at radius 3 is 1.38 bits per heavy atom. The molecule has 0 spiro atoms. The Kier molecular flexibility index (Phi) is 7.03. The van der Waals surface area contributed by atoms with Crippen molar-refractivity contribution in [2.24, 2.45) is 0 Å². The molecule has 0 aliphatic rings. The van der Waals surface area contributed by atoms with Crippen molar-refractivity contribution in [2.75, 3.05) is 0 Å². The van der Waals surface area contributed by atoms with Gasteiger partial charge in [0.05, 0.1) is 16.6 Å². The van der Waals surface area contributed by atoms with Gasteiger partial charge in [0.15, 0.2) is 17.3 Å². The molecule has 0 radical (unpaired) electrons. The van der Waals surface area contributed by atoms with Crippen LogP contribution in [-0.2, 0) is 0 Å². The maximum Gasteiger partial charge on any atom is 0.238 e. The van der Waals surface area contributed by atoms with Gasteiger partial charge in [0.25, 0.3) is 0 Å². The molecular weight excluding hydrogens is 675 g/mol. The van der Waals surface area contributed by atoms with Crippen LogP contribution in [0.5, 0.6) is 0 Å². The molecule has 0 aliphatic carbocycles. The molecule has 7 nitrogen and oxygen atoms in total. The number of aromatic nitrogens is 7.